The first-order valence-electron chi connectivity index (χ1n) is 17.9. The predicted octanol–water partition coefficient (Wildman–Crippen LogP) is 9.36. The summed E-state index contributed by atoms with van der Waals surface area (Å²) in [5, 5.41) is 7.38. The normalized spacial score (nSPS) is 14.4. The molecule has 0 aromatic heterocycles. The molecular weight excluding hydrogens is 714 g/mol. The fourth-order valence-electron chi connectivity index (χ4n) is 7.97. The molecular formula is C46H43ClO4P2. The standard InChI is InChI=1S/C46H43ClO4P2/c1-26-13-27(2)18-34(17-26)52(35-19-28(3)14-29(4)20-35)40-11-9-38-44(49-25-48-38)42(40)43-41(12-10-39-45(43)51-46(47)50-39)53(36-21-30(5)15-31(6)22-36)37-23-32(7)16-33(8)24-37/h9-24,46H,25H2,1-8H3. The number of alkyl halides is 1. The number of aryl methyl sites for hydroxylation is 8. The third kappa shape index (κ3) is 6.94. The molecule has 0 radical (unpaired) electrons. The van der Waals surface area contributed by atoms with Crippen molar-refractivity contribution in [1.29, 1.82) is 0 Å². The topological polar surface area (TPSA) is 36.9 Å². The van der Waals surface area contributed by atoms with Crippen LogP contribution < -0.4 is 50.8 Å². The highest BCUT2D eigenvalue weighted by atomic mass is 35.5. The van der Waals surface area contributed by atoms with Crippen molar-refractivity contribution in [3.63, 3.8) is 0 Å². The van der Waals surface area contributed by atoms with Gasteiger partial charge in [-0.1, -0.05) is 117 Å². The lowest BCUT2D eigenvalue weighted by atomic mass is 10.0. The molecule has 0 aliphatic carbocycles. The lowest BCUT2D eigenvalue weighted by molar-refractivity contribution is 0.129. The summed E-state index contributed by atoms with van der Waals surface area (Å²) < 4.78 is 25.3. The first-order valence-corrected chi connectivity index (χ1v) is 21.0. The van der Waals surface area contributed by atoms with Gasteiger partial charge in [0.05, 0.1) is 0 Å². The molecule has 0 saturated heterocycles. The molecule has 0 spiro atoms. The summed E-state index contributed by atoms with van der Waals surface area (Å²) in [4.78, 5) is 0. The van der Waals surface area contributed by atoms with Crippen molar-refractivity contribution < 1.29 is 18.9 Å². The molecule has 1 atom stereocenters. The van der Waals surface area contributed by atoms with Gasteiger partial charge in [0.15, 0.2) is 23.0 Å². The SMILES string of the molecule is Cc1cc(C)cc(P(c2cc(C)cc(C)c2)c2ccc3c(c2-c2c(P(c4cc(C)cc(C)c4)c4cc(C)cc(C)c4)ccc4c2OC(Cl)O4)OCO3)c1. The molecule has 0 bridgehead atoms. The fourth-order valence-corrected chi connectivity index (χ4v) is 13.8. The Labute approximate surface area is 320 Å². The van der Waals surface area contributed by atoms with E-state index >= 15 is 0 Å². The second-order valence-corrected chi connectivity index (χ2v) is 19.3. The molecule has 0 saturated carbocycles. The van der Waals surface area contributed by atoms with E-state index in [4.69, 9.17) is 30.5 Å². The minimum absolute atomic E-state index is 0.138. The fraction of sp³-hybridized carbons (Fsp3) is 0.217. The Balaban J connectivity index is 1.51. The third-order valence-corrected chi connectivity index (χ3v) is 14.6. The molecule has 7 heteroatoms. The van der Waals surface area contributed by atoms with Crippen molar-refractivity contribution in [2.24, 2.45) is 0 Å². The second kappa shape index (κ2) is 14.1. The molecule has 268 valence electrons. The van der Waals surface area contributed by atoms with Gasteiger partial charge < -0.3 is 18.9 Å². The Bertz CT molecular complexity index is 2240. The van der Waals surface area contributed by atoms with Crippen molar-refractivity contribution in [3.05, 3.63) is 142 Å². The second-order valence-electron chi connectivity index (χ2n) is 14.5. The summed E-state index contributed by atoms with van der Waals surface area (Å²) in [7, 11) is -2.21. The summed E-state index contributed by atoms with van der Waals surface area (Å²) in [5.41, 5.74) is 11.7. The quantitative estimate of drug-likeness (QED) is 0.120. The average Bonchev–Trinajstić information content (AvgIpc) is 3.69. The van der Waals surface area contributed by atoms with Crippen LogP contribution in [0.15, 0.2) is 97.1 Å². The highest BCUT2D eigenvalue weighted by molar-refractivity contribution is 7.80. The van der Waals surface area contributed by atoms with Crippen LogP contribution in [0.3, 0.4) is 0 Å². The molecule has 4 nitrogen and oxygen atoms in total. The number of hydrogen-bond acceptors (Lipinski definition) is 4. The Kier molecular flexibility index (Phi) is 9.53. The monoisotopic (exact) mass is 756 g/mol. The number of hydrogen-bond donors (Lipinski definition) is 0. The van der Waals surface area contributed by atoms with E-state index in [1.165, 1.54) is 65.7 Å². The maximum absolute atomic E-state index is 6.68. The molecule has 0 N–H and O–H groups in total. The van der Waals surface area contributed by atoms with Crippen LogP contribution in [0.1, 0.15) is 44.5 Å². The van der Waals surface area contributed by atoms with Crippen LogP contribution >= 0.6 is 27.4 Å². The van der Waals surface area contributed by atoms with Gasteiger partial charge in [-0.05, 0) is 139 Å². The van der Waals surface area contributed by atoms with Crippen molar-refractivity contribution in [2.75, 3.05) is 6.79 Å². The number of fused-ring (bicyclic) bond motifs is 2. The Morgan fingerprint density at radius 1 is 0.434 bits per heavy atom. The Morgan fingerprint density at radius 3 is 1.19 bits per heavy atom. The van der Waals surface area contributed by atoms with Crippen LogP contribution in [-0.2, 0) is 0 Å². The molecule has 0 fully saturated rings. The molecule has 0 amide bonds. The molecule has 1 unspecified atom stereocenters. The molecule has 2 heterocycles. The molecule has 8 rings (SSSR count). The Morgan fingerprint density at radius 2 is 0.792 bits per heavy atom. The Hall–Kier alpha value is -4.33. The molecule has 6 aromatic rings. The zero-order chi connectivity index (χ0) is 37.1. The van der Waals surface area contributed by atoms with Crippen molar-refractivity contribution in [1.82, 2.24) is 0 Å². The summed E-state index contributed by atoms with van der Waals surface area (Å²) in [6.07, 6.45) is 0. The zero-order valence-electron chi connectivity index (χ0n) is 31.4. The van der Waals surface area contributed by atoms with E-state index in [1.807, 2.05) is 6.07 Å². The summed E-state index contributed by atoms with van der Waals surface area (Å²) >= 11 is 6.68. The van der Waals surface area contributed by atoms with Gasteiger partial charge in [0.2, 0.25) is 6.79 Å². The summed E-state index contributed by atoms with van der Waals surface area (Å²) in [5.74, 6) is 1.72. The van der Waals surface area contributed by atoms with Crippen molar-refractivity contribution in [2.45, 2.75) is 61.1 Å². The van der Waals surface area contributed by atoms with E-state index in [0.29, 0.717) is 17.2 Å². The van der Waals surface area contributed by atoms with Gasteiger partial charge in [0, 0.05) is 11.1 Å². The van der Waals surface area contributed by atoms with Crippen LogP contribution in [0, 0.1) is 55.4 Å². The van der Waals surface area contributed by atoms with Crippen LogP contribution in [0.25, 0.3) is 11.1 Å². The predicted molar refractivity (Wildman–Crippen MR) is 224 cm³/mol. The molecule has 2 aliphatic heterocycles. The largest absolute Gasteiger partial charge is 0.454 e. The van der Waals surface area contributed by atoms with E-state index in [1.54, 1.807) is 0 Å². The third-order valence-electron chi connectivity index (χ3n) is 9.64. The number of halogens is 1. The number of benzene rings is 6. The minimum atomic E-state index is -1.11. The zero-order valence-corrected chi connectivity index (χ0v) is 34.0. The number of ether oxygens (including phenoxy) is 4. The van der Waals surface area contributed by atoms with Crippen LogP contribution in [0.4, 0.5) is 0 Å². The molecule has 53 heavy (non-hydrogen) atoms. The van der Waals surface area contributed by atoms with Crippen LogP contribution in [0.5, 0.6) is 23.0 Å². The van der Waals surface area contributed by atoms with Gasteiger partial charge in [-0.3, -0.25) is 0 Å². The van der Waals surface area contributed by atoms with Crippen molar-refractivity contribution >= 4 is 59.3 Å². The smallest absolute Gasteiger partial charge is 0.322 e. The lowest BCUT2D eigenvalue weighted by Crippen LogP contribution is -2.27. The molecule has 6 aromatic carbocycles. The van der Waals surface area contributed by atoms with Gasteiger partial charge in [-0.2, -0.15) is 0 Å². The van der Waals surface area contributed by atoms with E-state index < -0.39 is 21.6 Å². The van der Waals surface area contributed by atoms with E-state index in [0.717, 1.165) is 27.5 Å². The lowest BCUT2D eigenvalue weighted by Gasteiger charge is -2.28. The van der Waals surface area contributed by atoms with Crippen molar-refractivity contribution in [3.8, 4) is 34.1 Å². The van der Waals surface area contributed by atoms with Gasteiger partial charge in [-0.25, -0.2) is 0 Å². The average molecular weight is 757 g/mol. The first kappa shape index (κ1) is 35.7. The van der Waals surface area contributed by atoms with E-state index in [-0.39, 0.29) is 6.79 Å². The highest BCUT2D eigenvalue weighted by Crippen LogP contribution is 2.54. The van der Waals surface area contributed by atoms with Crippen LogP contribution in [0.2, 0.25) is 0 Å². The minimum Gasteiger partial charge on any atom is -0.454 e. The van der Waals surface area contributed by atoms with Gasteiger partial charge in [0.1, 0.15) is 0 Å². The van der Waals surface area contributed by atoms with Crippen LogP contribution in [-0.4, -0.2) is 12.5 Å². The van der Waals surface area contributed by atoms with E-state index in [9.17, 15) is 0 Å². The van der Waals surface area contributed by atoms with Gasteiger partial charge >= 0.3 is 5.75 Å². The maximum Gasteiger partial charge on any atom is 0.322 e. The first-order chi connectivity index (χ1) is 25.4. The summed E-state index contributed by atoms with van der Waals surface area (Å²) in [6, 6.07) is 36.2. The maximum atomic E-state index is 6.68. The summed E-state index contributed by atoms with van der Waals surface area (Å²) in [6.45, 7) is 17.6. The highest BCUT2D eigenvalue weighted by Gasteiger charge is 2.37. The van der Waals surface area contributed by atoms with Gasteiger partial charge in [-0.15, -0.1) is 0 Å². The van der Waals surface area contributed by atoms with Gasteiger partial charge in [0.25, 0.3) is 0 Å². The molecule has 2 aliphatic rings. The number of rotatable bonds is 7. The van der Waals surface area contributed by atoms with E-state index in [2.05, 4.69) is 146 Å².